The largest absolute Gasteiger partial charge is 0.398 e. The van der Waals surface area contributed by atoms with E-state index in [0.29, 0.717) is 0 Å². The Bertz CT molecular complexity index is 657. The van der Waals surface area contributed by atoms with Gasteiger partial charge in [0.05, 0.1) is 4.70 Å². The lowest BCUT2D eigenvalue weighted by molar-refractivity contribution is 1.85. The number of anilines is 1. The molecular weight excluding hydrogens is 201 g/mol. The van der Waals surface area contributed by atoms with Crippen molar-refractivity contribution in [1.82, 2.24) is 0 Å². The van der Waals surface area contributed by atoms with Gasteiger partial charge in [-0.05, 0) is 6.07 Å². The molecule has 15 heavy (non-hydrogen) atoms. The van der Waals surface area contributed by atoms with Crippen LogP contribution in [0.3, 0.4) is 0 Å². The molecule has 0 unspecified atom stereocenters. The number of thiophene rings is 1. The predicted octanol–water partition coefficient (Wildman–Crippen LogP) is 1.90. The summed E-state index contributed by atoms with van der Waals surface area (Å²) in [5.74, 6) is 0. The number of rotatable bonds is 0. The predicted molar refractivity (Wildman–Crippen MR) is 71.9 cm³/mol. The average Bonchev–Trinajstić information content (AvgIpc) is 2.63. The molecule has 0 aliphatic heterocycles. The second-order valence-electron chi connectivity index (χ2n) is 3.77. The van der Waals surface area contributed by atoms with Crippen molar-refractivity contribution in [3.05, 3.63) is 36.4 Å². The molecule has 3 heteroatoms. The molecule has 0 bridgehead atoms. The molecule has 0 amide bonds. The van der Waals surface area contributed by atoms with Crippen LogP contribution in [0, 0.1) is 0 Å². The third-order valence-corrected chi connectivity index (χ3v) is 4.02. The van der Waals surface area contributed by atoms with E-state index in [1.165, 1.54) is 20.2 Å². The summed E-state index contributed by atoms with van der Waals surface area (Å²) in [7, 11) is 2.05. The monoisotopic (exact) mass is 211 g/mol. The van der Waals surface area contributed by atoms with E-state index in [9.17, 15) is 0 Å². The van der Waals surface area contributed by atoms with Crippen LogP contribution in [0.1, 0.15) is 0 Å². The molecular formula is C12H10BNS. The van der Waals surface area contributed by atoms with Gasteiger partial charge in [-0.2, -0.15) is 0 Å². The molecule has 0 aliphatic carbocycles. The van der Waals surface area contributed by atoms with Crippen LogP contribution < -0.4 is 11.2 Å². The van der Waals surface area contributed by atoms with Gasteiger partial charge in [0.2, 0.25) is 0 Å². The Morgan fingerprint density at radius 3 is 2.67 bits per heavy atom. The van der Waals surface area contributed by atoms with Gasteiger partial charge in [-0.25, -0.2) is 0 Å². The van der Waals surface area contributed by atoms with Crippen molar-refractivity contribution in [3.8, 4) is 0 Å². The third-order valence-electron chi connectivity index (χ3n) is 2.80. The molecule has 3 rings (SSSR count). The first-order valence-electron chi connectivity index (χ1n) is 4.93. The summed E-state index contributed by atoms with van der Waals surface area (Å²) in [6, 6.07) is 12.7. The Morgan fingerprint density at radius 1 is 1.00 bits per heavy atom. The van der Waals surface area contributed by atoms with Gasteiger partial charge in [0.15, 0.2) is 0 Å². The van der Waals surface area contributed by atoms with Crippen LogP contribution in [-0.4, -0.2) is 7.85 Å². The molecule has 0 saturated carbocycles. The van der Waals surface area contributed by atoms with Crippen LogP contribution >= 0.6 is 11.3 Å². The molecule has 72 valence electrons. The molecule has 0 spiro atoms. The zero-order valence-corrected chi connectivity index (χ0v) is 9.27. The SMILES string of the molecule is Bc1ccc2c(sc3ccccc32)c1N. The summed E-state index contributed by atoms with van der Waals surface area (Å²) in [5.41, 5.74) is 8.18. The molecule has 0 aliphatic rings. The van der Waals surface area contributed by atoms with Crippen molar-refractivity contribution < 1.29 is 0 Å². The summed E-state index contributed by atoms with van der Waals surface area (Å²) in [6.45, 7) is 0. The van der Waals surface area contributed by atoms with Crippen LogP contribution in [0.2, 0.25) is 0 Å². The first-order chi connectivity index (χ1) is 7.27. The fourth-order valence-corrected chi connectivity index (χ4v) is 3.12. The molecule has 2 aromatic carbocycles. The molecule has 0 atom stereocenters. The quantitative estimate of drug-likeness (QED) is 0.446. The minimum Gasteiger partial charge on any atom is -0.398 e. The maximum Gasteiger partial charge on any atom is 0.142 e. The van der Waals surface area contributed by atoms with Gasteiger partial charge in [-0.15, -0.1) is 11.3 Å². The zero-order valence-electron chi connectivity index (χ0n) is 8.45. The van der Waals surface area contributed by atoms with E-state index in [2.05, 4.69) is 44.2 Å². The molecule has 1 aromatic heterocycles. The first kappa shape index (κ1) is 8.80. The molecule has 2 N–H and O–H groups in total. The van der Waals surface area contributed by atoms with Gasteiger partial charge in [0.1, 0.15) is 7.85 Å². The highest BCUT2D eigenvalue weighted by Gasteiger charge is 2.07. The molecule has 1 heterocycles. The first-order valence-corrected chi connectivity index (χ1v) is 5.75. The van der Waals surface area contributed by atoms with E-state index in [4.69, 9.17) is 5.73 Å². The summed E-state index contributed by atoms with van der Waals surface area (Å²) in [6.07, 6.45) is 0. The maximum absolute atomic E-state index is 6.09. The van der Waals surface area contributed by atoms with Crippen LogP contribution in [0.25, 0.3) is 20.2 Å². The fourth-order valence-electron chi connectivity index (χ4n) is 1.91. The smallest absolute Gasteiger partial charge is 0.142 e. The van der Waals surface area contributed by atoms with E-state index in [1.54, 1.807) is 11.3 Å². The maximum atomic E-state index is 6.09. The number of hydrogen-bond acceptors (Lipinski definition) is 2. The lowest BCUT2D eigenvalue weighted by atomic mass is 9.93. The van der Waals surface area contributed by atoms with Gasteiger partial charge in [0, 0.05) is 21.2 Å². The summed E-state index contributed by atoms with van der Waals surface area (Å²) >= 11 is 1.78. The van der Waals surface area contributed by atoms with Gasteiger partial charge >= 0.3 is 0 Å². The molecule has 0 saturated heterocycles. The average molecular weight is 211 g/mol. The molecule has 3 aromatic rings. The number of nitrogen functional groups attached to an aromatic ring is 1. The van der Waals surface area contributed by atoms with Crippen LogP contribution in [0.5, 0.6) is 0 Å². The Morgan fingerprint density at radius 2 is 1.80 bits per heavy atom. The standard InChI is InChI=1S/C12H10BNS/c13-9-6-5-8-7-3-1-2-4-10(7)15-12(8)11(9)14/h1-6H,13-14H2. The number of hydrogen-bond donors (Lipinski definition) is 1. The summed E-state index contributed by atoms with van der Waals surface area (Å²) in [4.78, 5) is 0. The second-order valence-corrected chi connectivity index (χ2v) is 4.82. The third kappa shape index (κ3) is 1.16. The van der Waals surface area contributed by atoms with E-state index in [1.807, 2.05) is 0 Å². The second kappa shape index (κ2) is 3.01. The summed E-state index contributed by atoms with van der Waals surface area (Å²) in [5, 5.41) is 2.59. The topological polar surface area (TPSA) is 26.0 Å². The van der Waals surface area contributed by atoms with E-state index in [0.717, 1.165) is 11.2 Å². The van der Waals surface area contributed by atoms with Crippen molar-refractivity contribution >= 4 is 50.5 Å². The van der Waals surface area contributed by atoms with Gasteiger partial charge in [-0.1, -0.05) is 35.8 Å². The summed E-state index contributed by atoms with van der Waals surface area (Å²) < 4.78 is 2.53. The van der Waals surface area contributed by atoms with Crippen LogP contribution in [0.15, 0.2) is 36.4 Å². The number of benzene rings is 2. The Hall–Kier alpha value is -1.48. The highest BCUT2D eigenvalue weighted by molar-refractivity contribution is 7.26. The Balaban J connectivity index is 2.60. The van der Waals surface area contributed by atoms with Crippen LogP contribution in [-0.2, 0) is 0 Å². The molecule has 0 fully saturated rings. The zero-order chi connectivity index (χ0) is 10.4. The van der Waals surface area contributed by atoms with Crippen molar-refractivity contribution in [2.75, 3.05) is 5.73 Å². The lowest BCUT2D eigenvalue weighted by Gasteiger charge is -2.00. The Kier molecular flexibility index (Phi) is 1.76. The minimum absolute atomic E-state index is 0.925. The van der Waals surface area contributed by atoms with Crippen LogP contribution in [0.4, 0.5) is 5.69 Å². The normalized spacial score (nSPS) is 11.2. The lowest BCUT2D eigenvalue weighted by Crippen LogP contribution is -2.08. The molecule has 0 radical (unpaired) electrons. The van der Waals surface area contributed by atoms with Crippen molar-refractivity contribution in [2.45, 2.75) is 0 Å². The Labute approximate surface area is 92.9 Å². The van der Waals surface area contributed by atoms with Gasteiger partial charge in [0.25, 0.3) is 0 Å². The fraction of sp³-hybridized carbons (Fsp3) is 0. The van der Waals surface area contributed by atoms with Gasteiger partial charge in [-0.3, -0.25) is 0 Å². The number of nitrogens with two attached hydrogens (primary N) is 1. The van der Waals surface area contributed by atoms with Crippen molar-refractivity contribution in [1.29, 1.82) is 0 Å². The minimum atomic E-state index is 0.925. The number of fused-ring (bicyclic) bond motifs is 3. The van der Waals surface area contributed by atoms with E-state index >= 15 is 0 Å². The highest BCUT2D eigenvalue weighted by Crippen LogP contribution is 2.35. The highest BCUT2D eigenvalue weighted by atomic mass is 32.1. The van der Waals surface area contributed by atoms with E-state index in [-0.39, 0.29) is 0 Å². The van der Waals surface area contributed by atoms with E-state index < -0.39 is 0 Å². The van der Waals surface area contributed by atoms with Crippen molar-refractivity contribution in [3.63, 3.8) is 0 Å². The molecule has 1 nitrogen and oxygen atoms in total. The van der Waals surface area contributed by atoms with Crippen molar-refractivity contribution in [2.24, 2.45) is 0 Å². The van der Waals surface area contributed by atoms with Gasteiger partial charge < -0.3 is 5.73 Å².